The lowest BCUT2D eigenvalue weighted by Gasteiger charge is -2.16. The molecule has 0 aliphatic carbocycles. The maximum atomic E-state index is 12.0. The first-order valence-corrected chi connectivity index (χ1v) is 6.84. The molecule has 0 atom stereocenters. The van der Waals surface area contributed by atoms with Crippen LogP contribution in [0, 0.1) is 0 Å². The van der Waals surface area contributed by atoms with Crippen LogP contribution in [0.2, 0.25) is 0 Å². The van der Waals surface area contributed by atoms with E-state index in [1.165, 1.54) is 0 Å². The Morgan fingerprint density at radius 3 is 2.86 bits per heavy atom. The maximum absolute atomic E-state index is 12.0. The molecule has 3 N–H and O–H groups in total. The van der Waals surface area contributed by atoms with Crippen molar-refractivity contribution in [3.8, 4) is 0 Å². The van der Waals surface area contributed by atoms with Crippen molar-refractivity contribution in [1.82, 2.24) is 9.88 Å². The van der Waals surface area contributed by atoms with Crippen LogP contribution in [-0.4, -0.2) is 29.4 Å². The minimum atomic E-state index is -0.0531. The molecule has 0 bridgehead atoms. The van der Waals surface area contributed by atoms with Crippen LogP contribution in [0.25, 0.3) is 0 Å². The summed E-state index contributed by atoms with van der Waals surface area (Å²) >= 11 is 0. The molecule has 1 aromatic carbocycles. The zero-order chi connectivity index (χ0) is 15.1. The van der Waals surface area contributed by atoms with E-state index in [0.717, 1.165) is 16.9 Å². The second-order valence-corrected chi connectivity index (χ2v) is 4.95. The molecule has 2 rings (SSSR count). The molecule has 0 spiro atoms. The van der Waals surface area contributed by atoms with Gasteiger partial charge in [-0.15, -0.1) is 0 Å². The number of hydrogen-bond acceptors (Lipinski definition) is 4. The summed E-state index contributed by atoms with van der Waals surface area (Å²) in [6, 6.07) is 13.3. The summed E-state index contributed by atoms with van der Waals surface area (Å²) in [4.78, 5) is 18.2. The van der Waals surface area contributed by atoms with Gasteiger partial charge in [0, 0.05) is 25.0 Å². The summed E-state index contributed by atoms with van der Waals surface area (Å²) in [7, 11) is 1.89. The molecule has 2 aromatic rings. The largest absolute Gasteiger partial charge is 0.326 e. The third-order valence-corrected chi connectivity index (χ3v) is 3.02. The average Bonchev–Trinajstić information content (AvgIpc) is 2.48. The van der Waals surface area contributed by atoms with Gasteiger partial charge >= 0.3 is 0 Å². The van der Waals surface area contributed by atoms with Gasteiger partial charge in [0.2, 0.25) is 5.91 Å². The Bertz CT molecular complexity index is 586. The molecule has 1 heterocycles. The first-order chi connectivity index (χ1) is 10.2. The van der Waals surface area contributed by atoms with Crippen molar-refractivity contribution in [2.75, 3.05) is 18.9 Å². The number of rotatable bonds is 6. The Morgan fingerprint density at radius 1 is 1.29 bits per heavy atom. The summed E-state index contributed by atoms with van der Waals surface area (Å²) in [5.74, 6) is -0.0531. The highest BCUT2D eigenvalue weighted by Gasteiger charge is 2.08. The molecule has 0 radical (unpaired) electrons. The van der Waals surface area contributed by atoms with Crippen molar-refractivity contribution < 1.29 is 4.79 Å². The van der Waals surface area contributed by atoms with Gasteiger partial charge in [0.15, 0.2) is 0 Å². The number of nitrogens with zero attached hydrogens (tertiary/aromatic N) is 2. The van der Waals surface area contributed by atoms with Crippen LogP contribution in [0.4, 0.5) is 5.69 Å². The zero-order valence-electron chi connectivity index (χ0n) is 12.1. The third-order valence-electron chi connectivity index (χ3n) is 3.02. The van der Waals surface area contributed by atoms with Crippen molar-refractivity contribution in [2.45, 2.75) is 13.1 Å². The van der Waals surface area contributed by atoms with Gasteiger partial charge in [-0.2, -0.15) is 0 Å². The van der Waals surface area contributed by atoms with Crippen LogP contribution in [0.3, 0.4) is 0 Å². The maximum Gasteiger partial charge on any atom is 0.238 e. The van der Waals surface area contributed by atoms with Gasteiger partial charge in [-0.1, -0.05) is 18.2 Å². The van der Waals surface area contributed by atoms with E-state index in [4.69, 9.17) is 5.73 Å². The fraction of sp³-hybridized carbons (Fsp3) is 0.250. The number of anilines is 1. The highest BCUT2D eigenvalue weighted by atomic mass is 16.2. The SMILES string of the molecule is CN(CC(=O)Nc1cccc(CN)c1)Cc1ccccn1. The molecule has 0 aliphatic heterocycles. The van der Waals surface area contributed by atoms with Crippen LogP contribution in [0.15, 0.2) is 48.7 Å². The first kappa shape index (κ1) is 15.2. The van der Waals surface area contributed by atoms with Crippen LogP contribution in [0.1, 0.15) is 11.3 Å². The van der Waals surface area contributed by atoms with Crippen molar-refractivity contribution >= 4 is 11.6 Å². The Labute approximate surface area is 124 Å². The molecular weight excluding hydrogens is 264 g/mol. The van der Waals surface area contributed by atoms with Crippen molar-refractivity contribution in [1.29, 1.82) is 0 Å². The number of amides is 1. The fourth-order valence-electron chi connectivity index (χ4n) is 2.05. The predicted molar refractivity (Wildman–Crippen MR) is 83.5 cm³/mol. The van der Waals surface area contributed by atoms with Gasteiger partial charge in [0.1, 0.15) is 0 Å². The van der Waals surface area contributed by atoms with Crippen LogP contribution in [-0.2, 0) is 17.9 Å². The number of benzene rings is 1. The highest BCUT2D eigenvalue weighted by Crippen LogP contribution is 2.10. The van der Waals surface area contributed by atoms with E-state index in [1.807, 2.05) is 54.4 Å². The van der Waals surface area contributed by atoms with Crippen molar-refractivity contribution in [2.24, 2.45) is 5.73 Å². The number of pyridine rings is 1. The smallest absolute Gasteiger partial charge is 0.238 e. The molecule has 0 aliphatic rings. The predicted octanol–water partition coefficient (Wildman–Crippen LogP) is 1.61. The zero-order valence-corrected chi connectivity index (χ0v) is 12.1. The van der Waals surface area contributed by atoms with Gasteiger partial charge in [-0.25, -0.2) is 0 Å². The average molecular weight is 284 g/mol. The van der Waals surface area contributed by atoms with Crippen molar-refractivity contribution in [3.63, 3.8) is 0 Å². The summed E-state index contributed by atoms with van der Waals surface area (Å²) in [6.45, 7) is 1.41. The third kappa shape index (κ3) is 4.98. The molecule has 0 saturated heterocycles. The molecule has 1 aromatic heterocycles. The number of carbonyl (C=O) groups is 1. The standard InChI is InChI=1S/C16H20N4O/c1-20(11-15-6-2-3-8-18-15)12-16(21)19-14-7-4-5-13(9-14)10-17/h2-9H,10-12,17H2,1H3,(H,19,21). The van der Waals surface area contributed by atoms with Gasteiger partial charge in [-0.05, 0) is 36.9 Å². The number of likely N-dealkylation sites (N-methyl/N-ethyl adjacent to an activating group) is 1. The lowest BCUT2D eigenvalue weighted by Crippen LogP contribution is -2.30. The summed E-state index contributed by atoms with van der Waals surface area (Å²) < 4.78 is 0. The van der Waals surface area contributed by atoms with E-state index >= 15 is 0 Å². The number of carbonyl (C=O) groups excluding carboxylic acids is 1. The Hall–Kier alpha value is -2.24. The van der Waals surface area contributed by atoms with E-state index in [-0.39, 0.29) is 5.91 Å². The second kappa shape index (κ2) is 7.52. The molecule has 0 unspecified atom stereocenters. The first-order valence-electron chi connectivity index (χ1n) is 6.84. The van der Waals surface area contributed by atoms with Gasteiger partial charge in [-0.3, -0.25) is 14.7 Å². The summed E-state index contributed by atoms with van der Waals surface area (Å²) in [6.07, 6.45) is 1.75. The molecule has 0 fully saturated rings. The Kier molecular flexibility index (Phi) is 5.43. The van der Waals surface area contributed by atoms with E-state index in [2.05, 4.69) is 10.3 Å². The lowest BCUT2D eigenvalue weighted by molar-refractivity contribution is -0.117. The highest BCUT2D eigenvalue weighted by molar-refractivity contribution is 5.92. The summed E-state index contributed by atoms with van der Waals surface area (Å²) in [5, 5.41) is 2.88. The molecule has 5 heteroatoms. The number of aromatic nitrogens is 1. The van der Waals surface area contributed by atoms with Gasteiger partial charge in [0.05, 0.1) is 12.2 Å². The van der Waals surface area contributed by atoms with Crippen LogP contribution in [0.5, 0.6) is 0 Å². The molecule has 21 heavy (non-hydrogen) atoms. The monoisotopic (exact) mass is 284 g/mol. The fourth-order valence-corrected chi connectivity index (χ4v) is 2.05. The lowest BCUT2D eigenvalue weighted by atomic mass is 10.2. The minimum Gasteiger partial charge on any atom is -0.326 e. The molecular formula is C16H20N4O. The number of hydrogen-bond donors (Lipinski definition) is 2. The second-order valence-electron chi connectivity index (χ2n) is 4.95. The van der Waals surface area contributed by atoms with Crippen LogP contribution < -0.4 is 11.1 Å². The number of nitrogens with two attached hydrogens (primary N) is 1. The Balaban J connectivity index is 1.86. The number of nitrogens with one attached hydrogen (secondary N) is 1. The Morgan fingerprint density at radius 2 is 2.14 bits per heavy atom. The molecule has 110 valence electrons. The summed E-state index contributed by atoms with van der Waals surface area (Å²) in [5.41, 5.74) is 8.30. The van der Waals surface area contributed by atoms with Crippen molar-refractivity contribution in [3.05, 3.63) is 59.9 Å². The van der Waals surface area contributed by atoms with Crippen LogP contribution >= 0.6 is 0 Å². The van der Waals surface area contributed by atoms with E-state index in [0.29, 0.717) is 19.6 Å². The van der Waals surface area contributed by atoms with Gasteiger partial charge < -0.3 is 11.1 Å². The molecule has 0 saturated carbocycles. The molecule has 1 amide bonds. The normalized spacial score (nSPS) is 10.6. The van der Waals surface area contributed by atoms with E-state index in [9.17, 15) is 4.79 Å². The minimum absolute atomic E-state index is 0.0531. The van der Waals surface area contributed by atoms with E-state index < -0.39 is 0 Å². The quantitative estimate of drug-likeness (QED) is 0.845. The van der Waals surface area contributed by atoms with E-state index in [1.54, 1.807) is 6.20 Å². The molecule has 5 nitrogen and oxygen atoms in total. The topological polar surface area (TPSA) is 71.2 Å². The van der Waals surface area contributed by atoms with Gasteiger partial charge in [0.25, 0.3) is 0 Å².